The molecular weight excluding hydrogens is 309 g/mol. The molecule has 1 N–H and O–H groups in total. The second kappa shape index (κ2) is 6.23. The third-order valence-electron chi connectivity index (χ3n) is 4.24. The lowest BCUT2D eigenvalue weighted by atomic mass is 9.90. The van der Waals surface area contributed by atoms with Crippen molar-refractivity contribution in [2.45, 2.75) is 49.3 Å². The molecule has 1 heterocycles. The Balaban J connectivity index is 1.70. The van der Waals surface area contributed by atoms with E-state index in [1.165, 1.54) is 18.2 Å². The van der Waals surface area contributed by atoms with E-state index in [1.54, 1.807) is 6.92 Å². The van der Waals surface area contributed by atoms with Gasteiger partial charge in [0, 0.05) is 6.04 Å². The molecule has 3 atom stereocenters. The number of ether oxygens (including phenoxy) is 2. The van der Waals surface area contributed by atoms with Gasteiger partial charge >= 0.3 is 0 Å². The van der Waals surface area contributed by atoms with Crippen LogP contribution in [0.1, 0.15) is 24.8 Å². The van der Waals surface area contributed by atoms with Gasteiger partial charge in [-0.2, -0.15) is 0 Å². The van der Waals surface area contributed by atoms with E-state index in [9.17, 15) is 12.8 Å². The Labute approximate surface area is 129 Å². The first-order chi connectivity index (χ1) is 10.5. The van der Waals surface area contributed by atoms with Crippen LogP contribution in [0.4, 0.5) is 4.39 Å². The molecule has 2 aliphatic rings. The highest BCUT2D eigenvalue weighted by atomic mass is 32.2. The Kier molecular flexibility index (Phi) is 4.49. The molecular formula is C15H20FNO4S. The highest BCUT2D eigenvalue weighted by Crippen LogP contribution is 2.28. The molecule has 22 heavy (non-hydrogen) atoms. The maximum absolute atomic E-state index is 13.3. The van der Waals surface area contributed by atoms with Gasteiger partial charge in [0.2, 0.25) is 10.0 Å². The molecule has 1 aromatic rings. The quantitative estimate of drug-likeness (QED) is 0.917. The van der Waals surface area contributed by atoms with Gasteiger partial charge in [0.1, 0.15) is 5.82 Å². The summed E-state index contributed by atoms with van der Waals surface area (Å²) >= 11 is 0. The fourth-order valence-electron chi connectivity index (χ4n) is 3.05. The molecule has 2 fully saturated rings. The zero-order valence-electron chi connectivity index (χ0n) is 12.4. The van der Waals surface area contributed by atoms with Gasteiger partial charge in [0.25, 0.3) is 0 Å². The molecule has 7 heteroatoms. The molecule has 1 saturated carbocycles. The first-order valence-electron chi connectivity index (χ1n) is 7.47. The van der Waals surface area contributed by atoms with Crippen molar-refractivity contribution in [3.05, 3.63) is 29.6 Å². The average molecular weight is 329 g/mol. The maximum atomic E-state index is 13.3. The average Bonchev–Trinajstić information content (AvgIpc) is 2.49. The highest BCUT2D eigenvalue weighted by molar-refractivity contribution is 7.89. The van der Waals surface area contributed by atoms with Crippen molar-refractivity contribution >= 4 is 10.0 Å². The van der Waals surface area contributed by atoms with Crippen molar-refractivity contribution in [3.8, 4) is 0 Å². The molecule has 0 unspecified atom stereocenters. The number of benzene rings is 1. The van der Waals surface area contributed by atoms with E-state index in [1.807, 2.05) is 0 Å². The van der Waals surface area contributed by atoms with E-state index in [0.717, 1.165) is 6.42 Å². The van der Waals surface area contributed by atoms with Crippen LogP contribution < -0.4 is 4.72 Å². The monoisotopic (exact) mass is 329 g/mol. The zero-order valence-corrected chi connectivity index (χ0v) is 13.2. The Hall–Kier alpha value is -1.02. The molecule has 1 saturated heterocycles. The topological polar surface area (TPSA) is 64.6 Å². The molecule has 1 aromatic carbocycles. The second-order valence-corrected chi connectivity index (χ2v) is 7.57. The predicted molar refractivity (Wildman–Crippen MR) is 78.6 cm³/mol. The number of halogens is 1. The number of hydrogen-bond donors (Lipinski definition) is 1. The van der Waals surface area contributed by atoms with Crippen molar-refractivity contribution in [2.75, 3.05) is 13.2 Å². The third kappa shape index (κ3) is 3.32. The molecule has 1 aliphatic heterocycles. The van der Waals surface area contributed by atoms with Gasteiger partial charge in [0.05, 0.1) is 30.3 Å². The molecule has 1 aliphatic carbocycles. The summed E-state index contributed by atoms with van der Waals surface area (Å²) < 4.78 is 52.1. The van der Waals surface area contributed by atoms with Crippen molar-refractivity contribution in [1.29, 1.82) is 0 Å². The van der Waals surface area contributed by atoms with E-state index in [0.29, 0.717) is 31.6 Å². The molecule has 0 amide bonds. The van der Waals surface area contributed by atoms with Crippen LogP contribution >= 0.6 is 0 Å². The summed E-state index contributed by atoms with van der Waals surface area (Å²) in [4.78, 5) is 0.0920. The molecule has 0 bridgehead atoms. The molecule has 0 radical (unpaired) electrons. The summed E-state index contributed by atoms with van der Waals surface area (Å²) in [5.74, 6) is -0.410. The minimum Gasteiger partial charge on any atom is -0.373 e. The number of nitrogens with one attached hydrogen (secondary N) is 1. The van der Waals surface area contributed by atoms with Crippen LogP contribution in [-0.2, 0) is 19.5 Å². The number of rotatable bonds is 3. The standard InChI is InChI=1S/C15H20FNO4S/c1-10-8-12(3-4-13(10)16)22(18,19)17-11-2-5-14-15(9-11)21-7-6-20-14/h3-4,8,11,14-15,17H,2,5-7,9H2,1H3/t11-,14+,15-/m1/s1. The van der Waals surface area contributed by atoms with Crippen LogP contribution in [0.5, 0.6) is 0 Å². The number of fused-ring (bicyclic) bond motifs is 1. The van der Waals surface area contributed by atoms with Crippen molar-refractivity contribution in [3.63, 3.8) is 0 Å². The summed E-state index contributed by atoms with van der Waals surface area (Å²) in [7, 11) is -3.65. The fourth-order valence-corrected chi connectivity index (χ4v) is 4.41. The lowest BCUT2D eigenvalue weighted by Gasteiger charge is -2.38. The number of aryl methyl sites for hydroxylation is 1. The summed E-state index contributed by atoms with van der Waals surface area (Å²) in [6.45, 7) is 2.71. The maximum Gasteiger partial charge on any atom is 0.240 e. The Morgan fingerprint density at radius 2 is 1.91 bits per heavy atom. The van der Waals surface area contributed by atoms with Gasteiger partial charge in [0.15, 0.2) is 0 Å². The van der Waals surface area contributed by atoms with E-state index >= 15 is 0 Å². The van der Waals surface area contributed by atoms with Gasteiger partial charge in [-0.1, -0.05) is 0 Å². The van der Waals surface area contributed by atoms with Gasteiger partial charge < -0.3 is 9.47 Å². The van der Waals surface area contributed by atoms with Crippen LogP contribution in [0.3, 0.4) is 0 Å². The van der Waals surface area contributed by atoms with Crippen molar-refractivity contribution < 1.29 is 22.3 Å². The Bertz CT molecular complexity index is 649. The van der Waals surface area contributed by atoms with Crippen LogP contribution in [0, 0.1) is 12.7 Å². The minimum absolute atomic E-state index is 0.0508. The van der Waals surface area contributed by atoms with E-state index in [-0.39, 0.29) is 23.1 Å². The van der Waals surface area contributed by atoms with Crippen LogP contribution in [-0.4, -0.2) is 39.9 Å². The third-order valence-corrected chi connectivity index (χ3v) is 5.76. The van der Waals surface area contributed by atoms with Crippen LogP contribution in [0.25, 0.3) is 0 Å². The second-order valence-electron chi connectivity index (χ2n) is 5.86. The van der Waals surface area contributed by atoms with Crippen LogP contribution in [0.2, 0.25) is 0 Å². The largest absolute Gasteiger partial charge is 0.373 e. The number of sulfonamides is 1. The smallest absolute Gasteiger partial charge is 0.240 e. The van der Waals surface area contributed by atoms with E-state index in [4.69, 9.17) is 9.47 Å². The summed E-state index contributed by atoms with van der Waals surface area (Å²) in [6, 6.07) is 3.64. The van der Waals surface area contributed by atoms with Crippen molar-refractivity contribution in [1.82, 2.24) is 4.72 Å². The molecule has 0 spiro atoms. The Morgan fingerprint density at radius 3 is 2.64 bits per heavy atom. The van der Waals surface area contributed by atoms with E-state index < -0.39 is 15.8 Å². The number of hydrogen-bond acceptors (Lipinski definition) is 4. The van der Waals surface area contributed by atoms with E-state index in [2.05, 4.69) is 4.72 Å². The molecule has 122 valence electrons. The lowest BCUT2D eigenvalue weighted by Crippen LogP contribution is -2.49. The lowest BCUT2D eigenvalue weighted by molar-refractivity contribution is -0.156. The van der Waals surface area contributed by atoms with Gasteiger partial charge in [-0.25, -0.2) is 17.5 Å². The molecule has 0 aromatic heterocycles. The minimum atomic E-state index is -3.65. The Morgan fingerprint density at radius 1 is 1.18 bits per heavy atom. The van der Waals surface area contributed by atoms with Gasteiger partial charge in [-0.05, 0) is 49.9 Å². The van der Waals surface area contributed by atoms with Crippen LogP contribution in [0.15, 0.2) is 23.1 Å². The highest BCUT2D eigenvalue weighted by Gasteiger charge is 2.35. The van der Waals surface area contributed by atoms with Gasteiger partial charge in [-0.3, -0.25) is 0 Å². The molecule has 5 nitrogen and oxygen atoms in total. The predicted octanol–water partition coefficient (Wildman–Crippen LogP) is 1.75. The van der Waals surface area contributed by atoms with Gasteiger partial charge in [-0.15, -0.1) is 0 Å². The SMILES string of the molecule is Cc1cc(S(=O)(=O)N[C@@H]2CC[C@@H]3OCCO[C@@H]3C2)ccc1F. The fraction of sp³-hybridized carbons (Fsp3) is 0.600. The summed E-state index contributed by atoms with van der Waals surface area (Å²) in [5, 5.41) is 0. The molecule has 3 rings (SSSR count). The zero-order chi connectivity index (χ0) is 15.7. The summed E-state index contributed by atoms with van der Waals surface area (Å²) in [5.41, 5.74) is 0.315. The first kappa shape index (κ1) is 15.9. The van der Waals surface area contributed by atoms with Crippen molar-refractivity contribution in [2.24, 2.45) is 0 Å². The summed E-state index contributed by atoms with van der Waals surface area (Å²) in [6.07, 6.45) is 2.11. The first-order valence-corrected chi connectivity index (χ1v) is 8.96. The normalized spacial score (nSPS) is 29.1.